The van der Waals surface area contributed by atoms with E-state index in [4.69, 9.17) is 16.9 Å². The van der Waals surface area contributed by atoms with E-state index in [9.17, 15) is 8.42 Å². The molecule has 8 heteroatoms. The number of imidazole rings is 1. The Labute approximate surface area is 128 Å². The van der Waals surface area contributed by atoms with Crippen molar-refractivity contribution in [1.82, 2.24) is 13.7 Å². The highest BCUT2D eigenvalue weighted by Crippen LogP contribution is 2.26. The summed E-state index contributed by atoms with van der Waals surface area (Å²) in [5.74, 6) is 0. The molecule has 0 fully saturated rings. The van der Waals surface area contributed by atoms with Gasteiger partial charge in [-0.25, -0.2) is 13.4 Å². The molecule has 0 aliphatic heterocycles. The number of fused-ring (bicyclic) bond motifs is 1. The Balaban J connectivity index is 2.60. The lowest BCUT2D eigenvalue weighted by Crippen LogP contribution is -2.38. The number of hydrogen-bond acceptors (Lipinski definition) is 4. The van der Waals surface area contributed by atoms with Gasteiger partial charge in [0.15, 0.2) is 10.2 Å². The largest absolute Gasteiger partial charge is 0.288 e. The molecule has 0 aliphatic carbocycles. The summed E-state index contributed by atoms with van der Waals surface area (Å²) in [5, 5.41) is 8.58. The van der Waals surface area contributed by atoms with Crippen molar-refractivity contribution in [3.8, 4) is 6.07 Å². The summed E-state index contributed by atoms with van der Waals surface area (Å²) in [6, 6.07) is 6.82. The van der Waals surface area contributed by atoms with Crippen LogP contribution in [-0.2, 0) is 10.0 Å². The number of sulfonamides is 1. The molecule has 0 N–H and O–H groups in total. The highest BCUT2D eigenvalue weighted by atomic mass is 35.5. The molecule has 2 rings (SSSR count). The molecule has 2 aromatic rings. The maximum Gasteiger partial charge on any atom is 0.262 e. The van der Waals surface area contributed by atoms with Crippen LogP contribution in [0.25, 0.3) is 5.65 Å². The molecular weight excluding hydrogens is 312 g/mol. The molecule has 0 aliphatic rings. The van der Waals surface area contributed by atoms with Gasteiger partial charge in [0.1, 0.15) is 5.65 Å². The highest BCUT2D eigenvalue weighted by Gasteiger charge is 2.32. The number of nitriles is 1. The third-order valence-electron chi connectivity index (χ3n) is 3.02. The number of rotatable bonds is 5. The van der Waals surface area contributed by atoms with Crippen LogP contribution in [0.4, 0.5) is 0 Å². The molecule has 2 heterocycles. The van der Waals surface area contributed by atoms with Crippen molar-refractivity contribution in [3.63, 3.8) is 0 Å². The minimum atomic E-state index is -3.84. The van der Waals surface area contributed by atoms with Gasteiger partial charge in [-0.15, -0.1) is 0 Å². The summed E-state index contributed by atoms with van der Waals surface area (Å²) in [5.41, 5.74) is 0.463. The van der Waals surface area contributed by atoms with Crippen molar-refractivity contribution in [2.24, 2.45) is 0 Å². The van der Waals surface area contributed by atoms with E-state index in [2.05, 4.69) is 4.98 Å². The monoisotopic (exact) mass is 326 g/mol. The number of halogens is 1. The average Bonchev–Trinajstić information content (AvgIpc) is 2.74. The number of nitrogens with zero attached hydrogens (tertiary/aromatic N) is 4. The fourth-order valence-electron chi connectivity index (χ4n) is 2.10. The minimum Gasteiger partial charge on any atom is -0.288 e. The van der Waals surface area contributed by atoms with Crippen LogP contribution < -0.4 is 0 Å². The van der Waals surface area contributed by atoms with Gasteiger partial charge in [-0.3, -0.25) is 4.40 Å². The normalized spacial score (nSPS) is 12.2. The van der Waals surface area contributed by atoms with Gasteiger partial charge in [0, 0.05) is 25.2 Å². The smallest absolute Gasteiger partial charge is 0.262 e. The standard InChI is InChI=1S/C13H15ClN4O2S/c1-10(2)18(9-5-7-15)21(19,20)13-12(14)16-11-6-3-4-8-17(11)13/h3-4,6,8,10H,5,9H2,1-2H3. The Morgan fingerprint density at radius 3 is 2.81 bits per heavy atom. The zero-order chi connectivity index (χ0) is 15.6. The first-order valence-corrected chi connectivity index (χ1v) is 8.22. The SMILES string of the molecule is CC(C)N(CCC#N)S(=O)(=O)c1c(Cl)nc2ccccn12. The third kappa shape index (κ3) is 2.88. The van der Waals surface area contributed by atoms with Crippen LogP contribution in [0.1, 0.15) is 20.3 Å². The van der Waals surface area contributed by atoms with Crippen LogP contribution in [0.2, 0.25) is 5.15 Å². The van der Waals surface area contributed by atoms with Crippen LogP contribution >= 0.6 is 11.6 Å². The number of pyridine rings is 1. The lowest BCUT2D eigenvalue weighted by atomic mass is 10.3. The van der Waals surface area contributed by atoms with E-state index in [1.807, 2.05) is 6.07 Å². The number of aromatic nitrogens is 2. The maximum atomic E-state index is 12.8. The second-order valence-electron chi connectivity index (χ2n) is 4.75. The molecule has 0 aromatic carbocycles. The molecule has 0 unspecified atom stereocenters. The fraction of sp³-hybridized carbons (Fsp3) is 0.385. The predicted molar refractivity (Wildman–Crippen MR) is 79.5 cm³/mol. The summed E-state index contributed by atoms with van der Waals surface area (Å²) in [7, 11) is -3.84. The average molecular weight is 327 g/mol. The van der Waals surface area contributed by atoms with E-state index >= 15 is 0 Å². The molecule has 0 amide bonds. The Morgan fingerprint density at radius 1 is 1.48 bits per heavy atom. The van der Waals surface area contributed by atoms with E-state index in [0.717, 1.165) is 0 Å². The minimum absolute atomic E-state index is 0.0635. The summed E-state index contributed by atoms with van der Waals surface area (Å²) in [6.45, 7) is 3.63. The molecule has 0 atom stereocenters. The molecule has 6 nitrogen and oxygen atoms in total. The van der Waals surface area contributed by atoms with Crippen LogP contribution in [0, 0.1) is 11.3 Å². The van der Waals surface area contributed by atoms with Crippen molar-refractivity contribution in [3.05, 3.63) is 29.5 Å². The van der Waals surface area contributed by atoms with Crippen LogP contribution in [0.3, 0.4) is 0 Å². The third-order valence-corrected chi connectivity index (χ3v) is 5.50. The Morgan fingerprint density at radius 2 is 2.19 bits per heavy atom. The van der Waals surface area contributed by atoms with Crippen molar-refractivity contribution < 1.29 is 8.42 Å². The summed E-state index contributed by atoms with van der Waals surface area (Å²) < 4.78 is 28.4. The molecule has 0 spiro atoms. The topological polar surface area (TPSA) is 78.5 Å². The van der Waals surface area contributed by atoms with Crippen molar-refractivity contribution in [2.45, 2.75) is 31.3 Å². The molecule has 0 bridgehead atoms. The Bertz CT molecular complexity index is 792. The lowest BCUT2D eigenvalue weighted by Gasteiger charge is -2.24. The van der Waals surface area contributed by atoms with Gasteiger partial charge in [-0.2, -0.15) is 9.57 Å². The van der Waals surface area contributed by atoms with E-state index in [0.29, 0.717) is 5.65 Å². The first kappa shape index (κ1) is 15.8. The fourth-order valence-corrected chi connectivity index (χ4v) is 4.34. The van der Waals surface area contributed by atoms with Crippen LogP contribution in [-0.4, -0.2) is 34.7 Å². The molecule has 21 heavy (non-hydrogen) atoms. The van der Waals surface area contributed by atoms with Gasteiger partial charge in [0.05, 0.1) is 6.07 Å². The molecular formula is C13H15ClN4O2S. The van der Waals surface area contributed by atoms with Gasteiger partial charge in [-0.05, 0) is 26.0 Å². The Hall–Kier alpha value is -1.62. The summed E-state index contributed by atoms with van der Waals surface area (Å²) in [4.78, 5) is 4.06. The zero-order valence-corrected chi connectivity index (χ0v) is 13.3. The van der Waals surface area contributed by atoms with E-state index in [1.165, 1.54) is 8.71 Å². The van der Waals surface area contributed by atoms with Gasteiger partial charge in [-0.1, -0.05) is 17.7 Å². The second-order valence-corrected chi connectivity index (χ2v) is 6.92. The maximum absolute atomic E-state index is 12.8. The molecule has 0 radical (unpaired) electrons. The van der Waals surface area contributed by atoms with Gasteiger partial charge >= 0.3 is 0 Å². The van der Waals surface area contributed by atoms with Gasteiger partial charge in [0.2, 0.25) is 0 Å². The van der Waals surface area contributed by atoms with Crippen LogP contribution in [0.5, 0.6) is 0 Å². The van der Waals surface area contributed by atoms with Crippen molar-refractivity contribution in [1.29, 1.82) is 5.26 Å². The van der Waals surface area contributed by atoms with Gasteiger partial charge < -0.3 is 0 Å². The second kappa shape index (κ2) is 6.02. The Kier molecular flexibility index (Phi) is 4.52. The zero-order valence-electron chi connectivity index (χ0n) is 11.7. The first-order chi connectivity index (χ1) is 9.89. The molecule has 112 valence electrons. The first-order valence-electron chi connectivity index (χ1n) is 6.41. The molecule has 0 saturated carbocycles. The predicted octanol–water partition coefficient (Wildman–Crippen LogP) is 2.30. The molecule has 0 saturated heterocycles. The van der Waals surface area contributed by atoms with Crippen LogP contribution in [0.15, 0.2) is 29.4 Å². The van der Waals surface area contributed by atoms with E-state index in [-0.39, 0.29) is 29.2 Å². The summed E-state index contributed by atoms with van der Waals surface area (Å²) >= 11 is 6.03. The quantitative estimate of drug-likeness (QED) is 0.844. The van der Waals surface area contributed by atoms with E-state index < -0.39 is 10.0 Å². The number of hydrogen-bond donors (Lipinski definition) is 0. The highest BCUT2D eigenvalue weighted by molar-refractivity contribution is 7.89. The summed E-state index contributed by atoms with van der Waals surface area (Å²) in [6.07, 6.45) is 1.72. The lowest BCUT2D eigenvalue weighted by molar-refractivity contribution is 0.358. The molecule has 2 aromatic heterocycles. The van der Waals surface area contributed by atoms with E-state index in [1.54, 1.807) is 38.2 Å². The van der Waals surface area contributed by atoms with Gasteiger partial charge in [0.25, 0.3) is 10.0 Å². The van der Waals surface area contributed by atoms with Crippen molar-refractivity contribution in [2.75, 3.05) is 6.54 Å². The van der Waals surface area contributed by atoms with Crippen molar-refractivity contribution >= 4 is 27.3 Å².